The number of halogens is 2. The van der Waals surface area contributed by atoms with E-state index in [1.807, 2.05) is 39.0 Å². The first-order valence-corrected chi connectivity index (χ1v) is 7.89. The zero-order valence-corrected chi connectivity index (χ0v) is 16.0. The predicted octanol–water partition coefficient (Wildman–Crippen LogP) is 3.31. The lowest BCUT2D eigenvalue weighted by Crippen LogP contribution is -2.39. The van der Waals surface area contributed by atoms with Gasteiger partial charge in [-0.3, -0.25) is 4.79 Å². The standard InChI is InChI=1S/C17H23ClN4O.ClH/c1-12-15(16(23)21(4)11-17(2,3)10-19)9-20-22(12)14-7-5-6-13(18)8-14;/h5-9H,10-11,19H2,1-4H3;1H. The Morgan fingerprint density at radius 1 is 1.42 bits per heavy atom. The lowest BCUT2D eigenvalue weighted by Gasteiger charge is -2.29. The van der Waals surface area contributed by atoms with Gasteiger partial charge in [0.15, 0.2) is 0 Å². The topological polar surface area (TPSA) is 64.2 Å². The number of carbonyl (C=O) groups is 1. The zero-order valence-electron chi connectivity index (χ0n) is 14.4. The first kappa shape index (κ1) is 20.5. The Labute approximate surface area is 154 Å². The minimum atomic E-state index is -0.124. The van der Waals surface area contributed by atoms with Crippen LogP contribution in [0, 0.1) is 12.3 Å². The minimum absolute atomic E-state index is 0. The predicted molar refractivity (Wildman–Crippen MR) is 100 cm³/mol. The minimum Gasteiger partial charge on any atom is -0.341 e. The van der Waals surface area contributed by atoms with Crippen LogP contribution in [-0.4, -0.2) is 40.7 Å². The number of aromatic nitrogens is 2. The SMILES string of the molecule is Cc1c(C(=O)N(C)CC(C)(C)CN)cnn1-c1cccc(Cl)c1.Cl. The molecule has 1 amide bonds. The molecule has 0 spiro atoms. The molecule has 24 heavy (non-hydrogen) atoms. The van der Waals surface area contributed by atoms with Crippen LogP contribution in [0.1, 0.15) is 29.9 Å². The highest BCUT2D eigenvalue weighted by Crippen LogP contribution is 2.20. The quantitative estimate of drug-likeness (QED) is 0.877. The van der Waals surface area contributed by atoms with E-state index >= 15 is 0 Å². The number of hydrogen-bond donors (Lipinski definition) is 1. The largest absolute Gasteiger partial charge is 0.341 e. The molecule has 5 nitrogen and oxygen atoms in total. The molecule has 0 aliphatic carbocycles. The summed E-state index contributed by atoms with van der Waals surface area (Å²) in [4.78, 5) is 14.4. The maximum absolute atomic E-state index is 12.7. The lowest BCUT2D eigenvalue weighted by atomic mass is 9.93. The van der Waals surface area contributed by atoms with Crippen LogP contribution in [0.25, 0.3) is 5.69 Å². The van der Waals surface area contributed by atoms with Crippen LogP contribution in [0.2, 0.25) is 5.02 Å². The van der Waals surface area contributed by atoms with Crippen LogP contribution in [0.4, 0.5) is 0 Å². The number of amides is 1. The highest BCUT2D eigenvalue weighted by atomic mass is 35.5. The number of nitrogens with two attached hydrogens (primary N) is 1. The third-order valence-electron chi connectivity index (χ3n) is 3.86. The molecule has 0 unspecified atom stereocenters. The van der Waals surface area contributed by atoms with Crippen molar-refractivity contribution in [1.82, 2.24) is 14.7 Å². The van der Waals surface area contributed by atoms with E-state index in [9.17, 15) is 4.79 Å². The van der Waals surface area contributed by atoms with Crippen LogP contribution in [-0.2, 0) is 0 Å². The molecule has 1 aromatic carbocycles. The van der Waals surface area contributed by atoms with Gasteiger partial charge in [0.25, 0.3) is 5.91 Å². The molecule has 7 heteroatoms. The summed E-state index contributed by atoms with van der Waals surface area (Å²) in [5.41, 5.74) is 7.83. The van der Waals surface area contributed by atoms with Gasteiger partial charge in [-0.25, -0.2) is 4.68 Å². The molecule has 1 aromatic heterocycles. The Hall–Kier alpha value is -1.56. The summed E-state index contributed by atoms with van der Waals surface area (Å²) < 4.78 is 1.72. The van der Waals surface area contributed by atoms with Gasteiger partial charge >= 0.3 is 0 Å². The summed E-state index contributed by atoms with van der Waals surface area (Å²) in [6.07, 6.45) is 1.60. The second-order valence-electron chi connectivity index (χ2n) is 6.56. The summed E-state index contributed by atoms with van der Waals surface area (Å²) in [5.74, 6) is -0.0581. The van der Waals surface area contributed by atoms with Crippen molar-refractivity contribution in [2.75, 3.05) is 20.1 Å². The van der Waals surface area contributed by atoms with Gasteiger partial charge in [-0.1, -0.05) is 31.5 Å². The van der Waals surface area contributed by atoms with Crippen molar-refractivity contribution in [3.05, 3.63) is 46.7 Å². The van der Waals surface area contributed by atoms with E-state index in [4.69, 9.17) is 17.3 Å². The Bertz CT molecular complexity index is 712. The number of benzene rings is 1. The van der Waals surface area contributed by atoms with Crippen molar-refractivity contribution in [3.8, 4) is 5.69 Å². The van der Waals surface area contributed by atoms with E-state index in [2.05, 4.69) is 5.10 Å². The number of carbonyl (C=O) groups excluding carboxylic acids is 1. The average Bonchev–Trinajstić information content (AvgIpc) is 2.87. The second-order valence-corrected chi connectivity index (χ2v) is 7.00. The first-order valence-electron chi connectivity index (χ1n) is 7.51. The second kappa shape index (κ2) is 8.01. The Kier molecular flexibility index (Phi) is 6.84. The Morgan fingerprint density at radius 3 is 2.67 bits per heavy atom. The summed E-state index contributed by atoms with van der Waals surface area (Å²) in [6.45, 7) is 7.07. The molecule has 1 heterocycles. The summed E-state index contributed by atoms with van der Waals surface area (Å²) in [5, 5.41) is 4.96. The highest BCUT2D eigenvalue weighted by molar-refractivity contribution is 6.30. The van der Waals surface area contributed by atoms with Crippen LogP contribution < -0.4 is 5.73 Å². The van der Waals surface area contributed by atoms with E-state index < -0.39 is 0 Å². The van der Waals surface area contributed by atoms with Gasteiger partial charge in [0.1, 0.15) is 0 Å². The van der Waals surface area contributed by atoms with Gasteiger partial charge in [-0.2, -0.15) is 5.10 Å². The third-order valence-corrected chi connectivity index (χ3v) is 4.09. The van der Waals surface area contributed by atoms with E-state index in [1.165, 1.54) is 0 Å². The van der Waals surface area contributed by atoms with Crippen molar-refractivity contribution >= 4 is 29.9 Å². The summed E-state index contributed by atoms with van der Waals surface area (Å²) in [6, 6.07) is 7.38. The molecule has 132 valence electrons. The van der Waals surface area contributed by atoms with Crippen molar-refractivity contribution in [2.24, 2.45) is 11.1 Å². The molecule has 0 radical (unpaired) electrons. The summed E-state index contributed by atoms with van der Waals surface area (Å²) in [7, 11) is 1.79. The maximum atomic E-state index is 12.7. The summed E-state index contributed by atoms with van der Waals surface area (Å²) >= 11 is 6.03. The lowest BCUT2D eigenvalue weighted by molar-refractivity contribution is 0.0740. The molecule has 0 saturated carbocycles. The normalized spacial score (nSPS) is 11.1. The van der Waals surface area contributed by atoms with E-state index in [-0.39, 0.29) is 23.7 Å². The van der Waals surface area contributed by atoms with Crippen LogP contribution in [0.5, 0.6) is 0 Å². The van der Waals surface area contributed by atoms with Crippen molar-refractivity contribution in [1.29, 1.82) is 0 Å². The zero-order chi connectivity index (χ0) is 17.2. The van der Waals surface area contributed by atoms with Gasteiger partial charge in [-0.15, -0.1) is 12.4 Å². The van der Waals surface area contributed by atoms with Gasteiger partial charge < -0.3 is 10.6 Å². The molecular weight excluding hydrogens is 347 g/mol. The third kappa shape index (κ3) is 4.50. The molecule has 2 aromatic rings. The van der Waals surface area contributed by atoms with E-state index in [1.54, 1.807) is 28.9 Å². The highest BCUT2D eigenvalue weighted by Gasteiger charge is 2.24. The fourth-order valence-corrected chi connectivity index (χ4v) is 2.66. The Balaban J connectivity index is 0.00000288. The van der Waals surface area contributed by atoms with E-state index in [0.717, 1.165) is 11.4 Å². The van der Waals surface area contributed by atoms with Gasteiger partial charge in [-0.05, 0) is 37.1 Å². The van der Waals surface area contributed by atoms with Crippen molar-refractivity contribution in [3.63, 3.8) is 0 Å². The van der Waals surface area contributed by atoms with Crippen LogP contribution >= 0.6 is 24.0 Å². The van der Waals surface area contributed by atoms with Crippen LogP contribution in [0.15, 0.2) is 30.5 Å². The molecule has 2 N–H and O–H groups in total. The van der Waals surface area contributed by atoms with Crippen molar-refractivity contribution < 1.29 is 4.79 Å². The monoisotopic (exact) mass is 370 g/mol. The molecule has 0 fully saturated rings. The van der Waals surface area contributed by atoms with Gasteiger partial charge in [0.05, 0.1) is 23.1 Å². The average molecular weight is 371 g/mol. The number of nitrogens with zero attached hydrogens (tertiary/aromatic N) is 3. The molecular formula is C17H24Cl2N4O. The molecule has 0 atom stereocenters. The Morgan fingerprint density at radius 2 is 2.08 bits per heavy atom. The van der Waals surface area contributed by atoms with Crippen molar-refractivity contribution in [2.45, 2.75) is 20.8 Å². The van der Waals surface area contributed by atoms with Gasteiger partial charge in [0.2, 0.25) is 0 Å². The van der Waals surface area contributed by atoms with Gasteiger partial charge in [0, 0.05) is 18.6 Å². The van der Waals surface area contributed by atoms with Crippen LogP contribution in [0.3, 0.4) is 0 Å². The molecule has 0 bridgehead atoms. The number of rotatable bonds is 5. The molecule has 0 aliphatic heterocycles. The fourth-order valence-electron chi connectivity index (χ4n) is 2.47. The van der Waals surface area contributed by atoms with E-state index in [0.29, 0.717) is 23.7 Å². The maximum Gasteiger partial charge on any atom is 0.257 e. The fraction of sp³-hybridized carbons (Fsp3) is 0.412. The number of hydrogen-bond acceptors (Lipinski definition) is 3. The smallest absolute Gasteiger partial charge is 0.257 e. The molecule has 0 aliphatic rings. The first-order chi connectivity index (χ1) is 10.7. The molecule has 2 rings (SSSR count). The molecule has 0 saturated heterocycles.